The van der Waals surface area contributed by atoms with Crippen LogP contribution >= 0.6 is 0 Å². The predicted molar refractivity (Wildman–Crippen MR) is 109 cm³/mol. The maximum absolute atomic E-state index is 12.3. The third kappa shape index (κ3) is 7.79. The number of halogens is 2. The highest BCUT2D eigenvalue weighted by atomic mass is 19.3. The van der Waals surface area contributed by atoms with Gasteiger partial charge in [0.15, 0.2) is 0 Å². The van der Waals surface area contributed by atoms with Crippen LogP contribution in [0.4, 0.5) is 8.78 Å². The Kier molecular flexibility index (Phi) is 9.09. The standard InChI is InChI=1S/C22H23F2N3O4/c1-14(25)20(22(29)27-30)26-21(28)18-10-8-16(9-11-18)3-2-15-4-6-17(7-5-15)12-31-13-19(23)24/h4-11,14,19-20,30H,12-13,25H2,1H3,(H,26,28)(H,27,29)/t14-,20?/m1/s1. The third-order valence-corrected chi connectivity index (χ3v) is 4.17. The van der Waals surface area contributed by atoms with Crippen LogP contribution in [-0.2, 0) is 16.1 Å². The molecule has 0 bridgehead atoms. The molecule has 0 aliphatic heterocycles. The first-order chi connectivity index (χ1) is 14.8. The van der Waals surface area contributed by atoms with Crippen LogP contribution in [0.15, 0.2) is 48.5 Å². The first-order valence-electron chi connectivity index (χ1n) is 9.37. The van der Waals surface area contributed by atoms with Crippen molar-refractivity contribution in [2.75, 3.05) is 6.61 Å². The minimum Gasteiger partial charge on any atom is -0.371 e. The molecular weight excluding hydrogens is 408 g/mol. The lowest BCUT2D eigenvalue weighted by Gasteiger charge is -2.20. The molecule has 0 saturated heterocycles. The van der Waals surface area contributed by atoms with Crippen molar-refractivity contribution in [3.05, 3.63) is 70.8 Å². The Morgan fingerprint density at radius 1 is 1.06 bits per heavy atom. The summed E-state index contributed by atoms with van der Waals surface area (Å²) >= 11 is 0. The molecule has 0 aliphatic carbocycles. The zero-order chi connectivity index (χ0) is 22.8. The van der Waals surface area contributed by atoms with Gasteiger partial charge in [-0.25, -0.2) is 14.3 Å². The molecule has 0 radical (unpaired) electrons. The van der Waals surface area contributed by atoms with Crippen molar-refractivity contribution >= 4 is 11.8 Å². The number of nitrogens with two attached hydrogens (primary N) is 1. The second kappa shape index (κ2) is 11.8. The maximum Gasteiger partial charge on any atom is 0.267 e. The van der Waals surface area contributed by atoms with Gasteiger partial charge in [0.1, 0.15) is 12.6 Å². The lowest BCUT2D eigenvalue weighted by molar-refractivity contribution is -0.131. The second-order valence-corrected chi connectivity index (χ2v) is 6.72. The number of hydrogen-bond acceptors (Lipinski definition) is 5. The Morgan fingerprint density at radius 3 is 2.10 bits per heavy atom. The van der Waals surface area contributed by atoms with Gasteiger partial charge in [0.05, 0.1) is 6.61 Å². The number of benzene rings is 2. The average molecular weight is 431 g/mol. The van der Waals surface area contributed by atoms with Crippen molar-refractivity contribution in [1.82, 2.24) is 10.8 Å². The summed E-state index contributed by atoms with van der Waals surface area (Å²) in [5, 5.41) is 11.2. The quantitative estimate of drug-likeness (QED) is 0.289. The van der Waals surface area contributed by atoms with E-state index in [1.165, 1.54) is 12.4 Å². The molecule has 164 valence electrons. The van der Waals surface area contributed by atoms with Crippen LogP contribution in [0, 0.1) is 11.8 Å². The molecule has 31 heavy (non-hydrogen) atoms. The van der Waals surface area contributed by atoms with E-state index in [2.05, 4.69) is 17.2 Å². The summed E-state index contributed by atoms with van der Waals surface area (Å²) in [5.41, 5.74) is 9.60. The van der Waals surface area contributed by atoms with Gasteiger partial charge in [-0.05, 0) is 48.9 Å². The van der Waals surface area contributed by atoms with Crippen LogP contribution in [0.25, 0.3) is 0 Å². The first-order valence-corrected chi connectivity index (χ1v) is 9.37. The van der Waals surface area contributed by atoms with E-state index in [9.17, 15) is 18.4 Å². The van der Waals surface area contributed by atoms with Gasteiger partial charge in [0.25, 0.3) is 18.2 Å². The third-order valence-electron chi connectivity index (χ3n) is 4.17. The Bertz CT molecular complexity index is 936. The minimum absolute atomic E-state index is 0.103. The smallest absolute Gasteiger partial charge is 0.267 e. The van der Waals surface area contributed by atoms with Crippen LogP contribution in [0.1, 0.15) is 34.0 Å². The molecule has 0 fully saturated rings. The van der Waals surface area contributed by atoms with Gasteiger partial charge in [-0.3, -0.25) is 14.8 Å². The molecule has 5 N–H and O–H groups in total. The monoisotopic (exact) mass is 431 g/mol. The summed E-state index contributed by atoms with van der Waals surface area (Å²) in [4.78, 5) is 23.9. The number of hydrogen-bond donors (Lipinski definition) is 4. The fourth-order valence-electron chi connectivity index (χ4n) is 2.53. The van der Waals surface area contributed by atoms with Crippen molar-refractivity contribution in [2.45, 2.75) is 32.0 Å². The molecule has 7 nitrogen and oxygen atoms in total. The summed E-state index contributed by atoms with van der Waals surface area (Å²) in [6.45, 7) is 1.03. The van der Waals surface area contributed by atoms with Crippen molar-refractivity contribution in [1.29, 1.82) is 0 Å². The number of rotatable bonds is 8. The molecule has 0 aromatic heterocycles. The topological polar surface area (TPSA) is 114 Å². The highest BCUT2D eigenvalue weighted by Gasteiger charge is 2.24. The van der Waals surface area contributed by atoms with Crippen LogP contribution in [-0.4, -0.2) is 42.1 Å². The van der Waals surface area contributed by atoms with Gasteiger partial charge in [-0.1, -0.05) is 24.0 Å². The van der Waals surface area contributed by atoms with Crippen molar-refractivity contribution in [2.24, 2.45) is 5.73 Å². The second-order valence-electron chi connectivity index (χ2n) is 6.72. The first kappa shape index (κ1) is 24.0. The van der Waals surface area contributed by atoms with Crippen LogP contribution in [0.2, 0.25) is 0 Å². The minimum atomic E-state index is -2.49. The van der Waals surface area contributed by atoms with Crippen molar-refractivity contribution in [3.63, 3.8) is 0 Å². The van der Waals surface area contributed by atoms with Gasteiger partial charge in [0, 0.05) is 22.7 Å². The van der Waals surface area contributed by atoms with Crippen molar-refractivity contribution < 1.29 is 28.3 Å². The largest absolute Gasteiger partial charge is 0.371 e. The number of ether oxygens (including phenoxy) is 1. The van der Waals surface area contributed by atoms with E-state index in [0.29, 0.717) is 11.1 Å². The molecule has 0 spiro atoms. The summed E-state index contributed by atoms with van der Waals surface area (Å²) in [5.74, 6) is 4.61. The van der Waals surface area contributed by atoms with E-state index >= 15 is 0 Å². The number of alkyl halides is 2. The van der Waals surface area contributed by atoms with Gasteiger partial charge < -0.3 is 15.8 Å². The molecule has 0 saturated carbocycles. The van der Waals surface area contributed by atoms with E-state index in [-0.39, 0.29) is 6.61 Å². The highest BCUT2D eigenvalue weighted by molar-refractivity contribution is 5.97. The van der Waals surface area contributed by atoms with E-state index < -0.39 is 36.9 Å². The fraction of sp³-hybridized carbons (Fsp3) is 0.273. The molecule has 0 heterocycles. The molecule has 2 aromatic rings. The van der Waals surface area contributed by atoms with Gasteiger partial charge in [-0.15, -0.1) is 0 Å². The summed E-state index contributed by atoms with van der Waals surface area (Å²) < 4.78 is 29.0. The molecule has 2 amide bonds. The van der Waals surface area contributed by atoms with Crippen LogP contribution in [0.5, 0.6) is 0 Å². The molecule has 9 heteroatoms. The normalized spacial score (nSPS) is 12.5. The number of amides is 2. The molecule has 1 unspecified atom stereocenters. The average Bonchev–Trinajstić information content (AvgIpc) is 2.76. The molecule has 0 aliphatic rings. The van der Waals surface area contributed by atoms with Crippen LogP contribution in [0.3, 0.4) is 0 Å². The lowest BCUT2D eigenvalue weighted by atomic mass is 10.1. The maximum atomic E-state index is 12.3. The Balaban J connectivity index is 1.97. The lowest BCUT2D eigenvalue weighted by Crippen LogP contribution is -2.54. The number of hydroxylamine groups is 1. The van der Waals surface area contributed by atoms with E-state index in [1.807, 2.05) is 0 Å². The SMILES string of the molecule is C[C@@H](N)C(NC(=O)c1ccc(C#Cc2ccc(COCC(F)F)cc2)cc1)C(=O)NO. The zero-order valence-corrected chi connectivity index (χ0v) is 16.8. The summed E-state index contributed by atoms with van der Waals surface area (Å²) in [7, 11) is 0. The number of carbonyl (C=O) groups excluding carboxylic acids is 2. The Morgan fingerprint density at radius 2 is 1.61 bits per heavy atom. The summed E-state index contributed by atoms with van der Waals surface area (Å²) in [6.07, 6.45) is -2.49. The van der Waals surface area contributed by atoms with Gasteiger partial charge in [-0.2, -0.15) is 0 Å². The Labute approximate surface area is 178 Å². The van der Waals surface area contributed by atoms with E-state index in [1.54, 1.807) is 48.5 Å². The molecular formula is C22H23F2N3O4. The van der Waals surface area contributed by atoms with E-state index in [0.717, 1.165) is 11.1 Å². The highest BCUT2D eigenvalue weighted by Crippen LogP contribution is 2.08. The molecule has 2 aromatic carbocycles. The van der Waals surface area contributed by atoms with Crippen LogP contribution < -0.4 is 16.5 Å². The summed E-state index contributed by atoms with van der Waals surface area (Å²) in [6, 6.07) is 11.6. The van der Waals surface area contributed by atoms with Gasteiger partial charge in [0.2, 0.25) is 0 Å². The predicted octanol–water partition coefficient (Wildman–Crippen LogP) is 1.82. The van der Waals surface area contributed by atoms with E-state index in [4.69, 9.17) is 15.7 Å². The van der Waals surface area contributed by atoms with Crippen molar-refractivity contribution in [3.8, 4) is 11.8 Å². The number of carbonyl (C=O) groups is 2. The van der Waals surface area contributed by atoms with Gasteiger partial charge >= 0.3 is 0 Å². The zero-order valence-electron chi connectivity index (χ0n) is 16.8. The Hall–Kier alpha value is -3.32. The fourth-order valence-corrected chi connectivity index (χ4v) is 2.53. The number of nitrogens with one attached hydrogen (secondary N) is 2. The molecule has 2 atom stereocenters. The molecule has 2 rings (SSSR count).